The van der Waals surface area contributed by atoms with Gasteiger partial charge in [-0.3, -0.25) is 14.2 Å². The van der Waals surface area contributed by atoms with E-state index in [4.69, 9.17) is 4.74 Å². The number of rotatable bonds is 5. The van der Waals surface area contributed by atoms with E-state index < -0.39 is 12.3 Å². The number of methoxy groups -OCH3 is 1. The summed E-state index contributed by atoms with van der Waals surface area (Å²) in [4.78, 5) is 29.6. The third kappa shape index (κ3) is 3.61. The predicted octanol–water partition coefficient (Wildman–Crippen LogP) is 2.10. The number of piperidine rings is 1. The quantitative estimate of drug-likeness (QED) is 0.597. The van der Waals surface area contributed by atoms with Gasteiger partial charge in [0.2, 0.25) is 5.91 Å². The third-order valence-corrected chi connectivity index (χ3v) is 5.44. The van der Waals surface area contributed by atoms with Crippen LogP contribution >= 0.6 is 0 Å². The molecule has 1 saturated heterocycles. The number of carbonyl (C=O) groups is 1. The number of aliphatic hydroxyl groups is 1. The van der Waals surface area contributed by atoms with Crippen LogP contribution in [-0.2, 0) is 11.3 Å². The second-order valence-electron chi connectivity index (χ2n) is 7.32. The van der Waals surface area contributed by atoms with Gasteiger partial charge in [0.05, 0.1) is 24.1 Å². The van der Waals surface area contributed by atoms with Crippen molar-refractivity contribution in [3.05, 3.63) is 64.2 Å². The topological polar surface area (TPSA) is 105 Å². The van der Waals surface area contributed by atoms with Crippen LogP contribution in [0.2, 0.25) is 0 Å². The molecule has 1 fully saturated rings. The molecule has 2 unspecified atom stereocenters. The van der Waals surface area contributed by atoms with Crippen molar-refractivity contribution in [2.75, 3.05) is 12.4 Å². The second kappa shape index (κ2) is 8.16. The molecule has 0 saturated carbocycles. The summed E-state index contributed by atoms with van der Waals surface area (Å²) in [5, 5.41) is 16.6. The molecule has 0 spiro atoms. The van der Waals surface area contributed by atoms with Gasteiger partial charge < -0.3 is 20.5 Å². The smallest absolute Gasteiger partial charge is 0.263 e. The zero-order valence-electron chi connectivity index (χ0n) is 16.9. The SMILES string of the molecule is COc1ccccc1CNc1cccc2nc(C)n(C3CCC(=O)NC3O)c(=O)c12. The summed E-state index contributed by atoms with van der Waals surface area (Å²) in [7, 11) is 1.62. The van der Waals surface area contributed by atoms with Crippen molar-refractivity contribution in [2.24, 2.45) is 0 Å². The number of carbonyl (C=O) groups excluding carboxylic acids is 1. The van der Waals surface area contributed by atoms with E-state index in [-0.39, 0.29) is 17.9 Å². The first-order chi connectivity index (χ1) is 14.5. The Labute approximate surface area is 173 Å². The van der Waals surface area contributed by atoms with Gasteiger partial charge in [0.25, 0.3) is 5.56 Å². The molecule has 3 aromatic rings. The number of nitrogens with zero attached hydrogens (tertiary/aromatic N) is 2. The normalized spacial score (nSPS) is 18.8. The van der Waals surface area contributed by atoms with Crippen LogP contribution in [0.5, 0.6) is 5.75 Å². The number of aromatic nitrogens is 2. The summed E-state index contributed by atoms with van der Waals surface area (Å²) in [6.07, 6.45) is -0.507. The maximum Gasteiger partial charge on any atom is 0.263 e. The van der Waals surface area contributed by atoms with E-state index in [0.29, 0.717) is 35.4 Å². The Kier molecular flexibility index (Phi) is 5.41. The monoisotopic (exact) mass is 408 g/mol. The number of aryl methyl sites for hydroxylation is 1. The first-order valence-electron chi connectivity index (χ1n) is 9.84. The van der Waals surface area contributed by atoms with Gasteiger partial charge in [0, 0.05) is 24.2 Å². The first kappa shape index (κ1) is 19.9. The largest absolute Gasteiger partial charge is 0.496 e. The molecule has 2 heterocycles. The summed E-state index contributed by atoms with van der Waals surface area (Å²) in [5.41, 5.74) is 1.94. The Morgan fingerprint density at radius 1 is 1.23 bits per heavy atom. The minimum atomic E-state index is -1.13. The fraction of sp³-hybridized carbons (Fsp3) is 0.318. The van der Waals surface area contributed by atoms with E-state index in [9.17, 15) is 14.7 Å². The van der Waals surface area contributed by atoms with Gasteiger partial charge in [0.1, 0.15) is 17.8 Å². The molecular weight excluding hydrogens is 384 g/mol. The Morgan fingerprint density at radius 3 is 2.80 bits per heavy atom. The molecule has 1 aliphatic heterocycles. The fourth-order valence-electron chi connectivity index (χ4n) is 3.97. The molecule has 8 heteroatoms. The molecule has 2 atom stereocenters. The van der Waals surface area contributed by atoms with E-state index in [2.05, 4.69) is 15.6 Å². The number of aliphatic hydroxyl groups excluding tert-OH is 1. The van der Waals surface area contributed by atoms with E-state index >= 15 is 0 Å². The molecule has 0 radical (unpaired) electrons. The van der Waals surface area contributed by atoms with E-state index in [1.165, 1.54) is 4.57 Å². The lowest BCUT2D eigenvalue weighted by atomic mass is 10.0. The maximum atomic E-state index is 13.5. The van der Waals surface area contributed by atoms with Crippen molar-refractivity contribution in [3.8, 4) is 5.75 Å². The predicted molar refractivity (Wildman–Crippen MR) is 113 cm³/mol. The van der Waals surface area contributed by atoms with Crippen molar-refractivity contribution in [2.45, 2.75) is 38.6 Å². The summed E-state index contributed by atoms with van der Waals surface area (Å²) < 4.78 is 6.89. The molecule has 0 aliphatic carbocycles. The van der Waals surface area contributed by atoms with Crippen molar-refractivity contribution >= 4 is 22.5 Å². The van der Waals surface area contributed by atoms with Crippen LogP contribution in [0.1, 0.15) is 30.3 Å². The minimum absolute atomic E-state index is 0.225. The lowest BCUT2D eigenvalue weighted by Gasteiger charge is -2.31. The van der Waals surface area contributed by atoms with Gasteiger partial charge >= 0.3 is 0 Å². The molecule has 156 valence electrons. The second-order valence-corrected chi connectivity index (χ2v) is 7.32. The summed E-state index contributed by atoms with van der Waals surface area (Å²) in [6, 6.07) is 12.6. The van der Waals surface area contributed by atoms with Crippen LogP contribution in [0.3, 0.4) is 0 Å². The highest BCUT2D eigenvalue weighted by Crippen LogP contribution is 2.26. The number of amides is 1. The number of ether oxygens (including phenoxy) is 1. The van der Waals surface area contributed by atoms with Crippen LogP contribution in [0.4, 0.5) is 5.69 Å². The zero-order chi connectivity index (χ0) is 21.3. The molecule has 8 nitrogen and oxygen atoms in total. The molecule has 1 aromatic heterocycles. The lowest BCUT2D eigenvalue weighted by molar-refractivity contribution is -0.128. The molecule has 0 bridgehead atoms. The first-order valence-corrected chi connectivity index (χ1v) is 9.84. The Balaban J connectivity index is 1.75. The highest BCUT2D eigenvalue weighted by Gasteiger charge is 2.31. The number of anilines is 1. The van der Waals surface area contributed by atoms with E-state index in [1.54, 1.807) is 20.1 Å². The van der Waals surface area contributed by atoms with E-state index in [1.807, 2.05) is 36.4 Å². The van der Waals surface area contributed by atoms with Gasteiger partial charge in [-0.05, 0) is 31.5 Å². The zero-order valence-corrected chi connectivity index (χ0v) is 16.9. The number of benzene rings is 2. The molecular formula is C22H24N4O4. The average molecular weight is 408 g/mol. The number of para-hydroxylation sites is 1. The standard InChI is InChI=1S/C22H24N4O4/c1-13-24-16-8-5-7-15(23-12-14-6-3-4-9-18(14)30-2)20(16)22(29)26(13)17-10-11-19(27)25-21(17)28/h3-9,17,21,23,28H,10-12H2,1-2H3,(H,25,27). The Morgan fingerprint density at radius 2 is 2.03 bits per heavy atom. The molecule has 1 amide bonds. The molecule has 4 rings (SSSR count). The molecule has 1 aliphatic rings. The van der Waals surface area contributed by atoms with Gasteiger partial charge in [0.15, 0.2) is 0 Å². The number of fused-ring (bicyclic) bond motifs is 1. The number of hydrogen-bond donors (Lipinski definition) is 3. The number of nitrogens with one attached hydrogen (secondary N) is 2. The minimum Gasteiger partial charge on any atom is -0.496 e. The van der Waals surface area contributed by atoms with Crippen molar-refractivity contribution in [1.29, 1.82) is 0 Å². The van der Waals surface area contributed by atoms with Crippen molar-refractivity contribution < 1.29 is 14.6 Å². The van der Waals surface area contributed by atoms with Crippen LogP contribution in [-0.4, -0.2) is 33.9 Å². The van der Waals surface area contributed by atoms with Crippen molar-refractivity contribution in [3.63, 3.8) is 0 Å². The summed E-state index contributed by atoms with van der Waals surface area (Å²) in [5.74, 6) is 1.03. The third-order valence-electron chi connectivity index (χ3n) is 5.44. The lowest BCUT2D eigenvalue weighted by Crippen LogP contribution is -2.48. The summed E-state index contributed by atoms with van der Waals surface area (Å²) >= 11 is 0. The number of hydrogen-bond acceptors (Lipinski definition) is 6. The Bertz CT molecular complexity index is 1160. The van der Waals surface area contributed by atoms with Gasteiger partial charge in [-0.15, -0.1) is 0 Å². The van der Waals surface area contributed by atoms with Crippen LogP contribution in [0.15, 0.2) is 47.3 Å². The highest BCUT2D eigenvalue weighted by atomic mass is 16.5. The van der Waals surface area contributed by atoms with Crippen LogP contribution in [0, 0.1) is 6.92 Å². The van der Waals surface area contributed by atoms with E-state index in [0.717, 1.165) is 11.3 Å². The van der Waals surface area contributed by atoms with Gasteiger partial charge in [-0.25, -0.2) is 4.98 Å². The summed E-state index contributed by atoms with van der Waals surface area (Å²) in [6.45, 7) is 2.21. The van der Waals surface area contributed by atoms with Gasteiger partial charge in [-0.1, -0.05) is 24.3 Å². The highest BCUT2D eigenvalue weighted by molar-refractivity contribution is 5.90. The van der Waals surface area contributed by atoms with Crippen LogP contribution < -0.4 is 20.9 Å². The van der Waals surface area contributed by atoms with Crippen LogP contribution in [0.25, 0.3) is 10.9 Å². The van der Waals surface area contributed by atoms with Gasteiger partial charge in [-0.2, -0.15) is 0 Å². The fourth-order valence-corrected chi connectivity index (χ4v) is 3.97. The molecule has 30 heavy (non-hydrogen) atoms. The molecule has 3 N–H and O–H groups in total. The molecule has 2 aromatic carbocycles. The van der Waals surface area contributed by atoms with Crippen molar-refractivity contribution in [1.82, 2.24) is 14.9 Å². The average Bonchev–Trinajstić information content (AvgIpc) is 2.73. The Hall–Kier alpha value is -3.39. The maximum absolute atomic E-state index is 13.5.